The monoisotopic (exact) mass is 348 g/mol. The molecule has 0 saturated carbocycles. The average Bonchev–Trinajstić information content (AvgIpc) is 2.54. The van der Waals surface area contributed by atoms with Crippen LogP contribution in [0.15, 0.2) is 54.2 Å². The first-order valence-corrected chi connectivity index (χ1v) is 7.52. The molecule has 2 amide bonds. The standard InChI is InChI=1S/C17H14Cl2N2O2/c1-20-17(23)15(9-11-5-3-2-4-6-11)21-16(22)13-8-7-12(18)10-14(13)19/h2-10H,1H3,(H,20,23)(H,21,22). The summed E-state index contributed by atoms with van der Waals surface area (Å²) in [6.07, 6.45) is 1.58. The molecule has 0 aliphatic heterocycles. The van der Waals surface area contributed by atoms with Gasteiger partial charge in [0.25, 0.3) is 11.8 Å². The maximum absolute atomic E-state index is 12.3. The third-order valence-corrected chi connectivity index (χ3v) is 3.55. The molecule has 0 saturated heterocycles. The van der Waals surface area contributed by atoms with Crippen LogP contribution in [0.25, 0.3) is 6.08 Å². The molecule has 0 aliphatic carbocycles. The Morgan fingerprint density at radius 2 is 1.74 bits per heavy atom. The summed E-state index contributed by atoms with van der Waals surface area (Å²) in [6.45, 7) is 0. The first-order chi connectivity index (χ1) is 11.0. The molecular weight excluding hydrogens is 335 g/mol. The summed E-state index contributed by atoms with van der Waals surface area (Å²) >= 11 is 11.8. The fourth-order valence-corrected chi connectivity index (χ4v) is 2.37. The van der Waals surface area contributed by atoms with Gasteiger partial charge in [-0.2, -0.15) is 0 Å². The van der Waals surface area contributed by atoms with Crippen molar-refractivity contribution in [2.75, 3.05) is 7.05 Å². The molecule has 2 N–H and O–H groups in total. The Morgan fingerprint density at radius 3 is 2.35 bits per heavy atom. The fraction of sp³-hybridized carbons (Fsp3) is 0.0588. The molecule has 118 valence electrons. The molecule has 0 aliphatic rings. The van der Waals surface area contributed by atoms with Crippen molar-refractivity contribution in [1.82, 2.24) is 10.6 Å². The lowest BCUT2D eigenvalue weighted by atomic mass is 10.1. The van der Waals surface area contributed by atoms with E-state index in [1.807, 2.05) is 30.3 Å². The van der Waals surface area contributed by atoms with E-state index in [0.29, 0.717) is 5.02 Å². The van der Waals surface area contributed by atoms with Gasteiger partial charge in [-0.15, -0.1) is 0 Å². The van der Waals surface area contributed by atoms with E-state index in [2.05, 4.69) is 10.6 Å². The highest BCUT2D eigenvalue weighted by Gasteiger charge is 2.16. The van der Waals surface area contributed by atoms with Crippen molar-refractivity contribution in [3.63, 3.8) is 0 Å². The second-order valence-corrected chi connectivity index (χ2v) is 5.47. The lowest BCUT2D eigenvalue weighted by molar-refractivity contribution is -0.117. The summed E-state index contributed by atoms with van der Waals surface area (Å²) in [7, 11) is 1.49. The third-order valence-electron chi connectivity index (χ3n) is 3.01. The summed E-state index contributed by atoms with van der Waals surface area (Å²) in [5, 5.41) is 5.71. The summed E-state index contributed by atoms with van der Waals surface area (Å²) in [5.41, 5.74) is 1.14. The number of benzene rings is 2. The summed E-state index contributed by atoms with van der Waals surface area (Å²) in [4.78, 5) is 24.3. The highest BCUT2D eigenvalue weighted by Crippen LogP contribution is 2.21. The molecule has 2 rings (SSSR count). The number of carbonyl (C=O) groups is 2. The molecule has 0 unspecified atom stereocenters. The number of carbonyl (C=O) groups excluding carboxylic acids is 2. The third kappa shape index (κ3) is 4.58. The van der Waals surface area contributed by atoms with Crippen LogP contribution in [0.1, 0.15) is 15.9 Å². The van der Waals surface area contributed by atoms with Crippen LogP contribution in [-0.4, -0.2) is 18.9 Å². The van der Waals surface area contributed by atoms with Crippen LogP contribution in [0, 0.1) is 0 Å². The zero-order valence-corrected chi connectivity index (χ0v) is 13.8. The zero-order chi connectivity index (χ0) is 16.8. The summed E-state index contributed by atoms with van der Waals surface area (Å²) < 4.78 is 0. The zero-order valence-electron chi connectivity index (χ0n) is 12.3. The van der Waals surface area contributed by atoms with Gasteiger partial charge >= 0.3 is 0 Å². The van der Waals surface area contributed by atoms with Crippen molar-refractivity contribution in [3.05, 3.63) is 75.4 Å². The van der Waals surface area contributed by atoms with Gasteiger partial charge in [-0.1, -0.05) is 53.5 Å². The highest BCUT2D eigenvalue weighted by molar-refractivity contribution is 6.36. The minimum atomic E-state index is -0.488. The summed E-state index contributed by atoms with van der Waals surface area (Å²) in [6, 6.07) is 13.7. The Kier molecular flexibility index (Phi) is 5.79. The Balaban J connectivity index is 2.29. The molecule has 2 aromatic rings. The maximum Gasteiger partial charge on any atom is 0.267 e. The van der Waals surface area contributed by atoms with Crippen LogP contribution in [-0.2, 0) is 4.79 Å². The fourth-order valence-electron chi connectivity index (χ4n) is 1.87. The van der Waals surface area contributed by atoms with Crippen molar-refractivity contribution in [1.29, 1.82) is 0 Å². The SMILES string of the molecule is CNC(=O)C(=Cc1ccccc1)NC(=O)c1ccc(Cl)cc1Cl. The maximum atomic E-state index is 12.3. The van der Waals surface area contributed by atoms with Gasteiger partial charge in [0.15, 0.2) is 0 Å². The molecule has 6 heteroatoms. The topological polar surface area (TPSA) is 58.2 Å². The van der Waals surface area contributed by atoms with Crippen LogP contribution < -0.4 is 10.6 Å². The number of amides is 2. The van der Waals surface area contributed by atoms with E-state index >= 15 is 0 Å². The lowest BCUT2D eigenvalue weighted by Gasteiger charge is -2.10. The van der Waals surface area contributed by atoms with E-state index in [-0.39, 0.29) is 16.3 Å². The van der Waals surface area contributed by atoms with Crippen LogP contribution in [0.2, 0.25) is 10.0 Å². The predicted octanol–water partition coefficient (Wildman–Crippen LogP) is 3.51. The Labute approximate surface area is 144 Å². The predicted molar refractivity (Wildman–Crippen MR) is 92.4 cm³/mol. The molecule has 0 bridgehead atoms. The first-order valence-electron chi connectivity index (χ1n) is 6.76. The Bertz CT molecular complexity index is 758. The van der Waals surface area contributed by atoms with Gasteiger partial charge in [-0.25, -0.2) is 0 Å². The van der Waals surface area contributed by atoms with Gasteiger partial charge in [0.05, 0.1) is 10.6 Å². The smallest absolute Gasteiger partial charge is 0.267 e. The quantitative estimate of drug-likeness (QED) is 0.830. The van der Waals surface area contributed by atoms with E-state index in [0.717, 1.165) is 5.56 Å². The van der Waals surface area contributed by atoms with Crippen LogP contribution in [0.3, 0.4) is 0 Å². The summed E-state index contributed by atoms with van der Waals surface area (Å²) in [5.74, 6) is -0.898. The van der Waals surface area contributed by atoms with E-state index < -0.39 is 11.8 Å². The van der Waals surface area contributed by atoms with Crippen molar-refractivity contribution in [2.24, 2.45) is 0 Å². The van der Waals surface area contributed by atoms with E-state index in [1.54, 1.807) is 12.1 Å². The minimum Gasteiger partial charge on any atom is -0.354 e. The van der Waals surface area contributed by atoms with E-state index in [1.165, 1.54) is 19.2 Å². The number of hydrogen-bond acceptors (Lipinski definition) is 2. The number of hydrogen-bond donors (Lipinski definition) is 2. The lowest BCUT2D eigenvalue weighted by Crippen LogP contribution is -2.33. The molecule has 0 heterocycles. The Hall–Kier alpha value is -2.30. The number of likely N-dealkylation sites (N-methyl/N-ethyl adjacent to an activating group) is 1. The second-order valence-electron chi connectivity index (χ2n) is 4.63. The van der Waals surface area contributed by atoms with Gasteiger partial charge in [-0.3, -0.25) is 9.59 Å². The molecule has 0 spiro atoms. The van der Waals surface area contributed by atoms with Crippen molar-refractivity contribution in [2.45, 2.75) is 0 Å². The normalized spacial score (nSPS) is 11.0. The minimum absolute atomic E-state index is 0.120. The second kappa shape index (κ2) is 7.81. The van der Waals surface area contributed by atoms with Crippen molar-refractivity contribution in [3.8, 4) is 0 Å². The molecule has 0 fully saturated rings. The van der Waals surface area contributed by atoms with Crippen LogP contribution in [0.4, 0.5) is 0 Å². The van der Waals surface area contributed by atoms with Gasteiger partial charge in [0, 0.05) is 12.1 Å². The number of halogens is 2. The molecule has 0 atom stereocenters. The number of nitrogens with one attached hydrogen (secondary N) is 2. The molecule has 0 aromatic heterocycles. The van der Waals surface area contributed by atoms with Crippen molar-refractivity contribution >= 4 is 41.1 Å². The number of rotatable bonds is 4. The molecule has 4 nitrogen and oxygen atoms in total. The van der Waals surface area contributed by atoms with Gasteiger partial charge in [-0.05, 0) is 29.8 Å². The van der Waals surface area contributed by atoms with Gasteiger partial charge in [0.2, 0.25) is 0 Å². The van der Waals surface area contributed by atoms with Gasteiger partial charge in [0.1, 0.15) is 5.70 Å². The first kappa shape index (κ1) is 17.1. The molecule has 2 aromatic carbocycles. The highest BCUT2D eigenvalue weighted by atomic mass is 35.5. The van der Waals surface area contributed by atoms with Crippen LogP contribution >= 0.6 is 23.2 Å². The van der Waals surface area contributed by atoms with E-state index in [4.69, 9.17) is 23.2 Å². The van der Waals surface area contributed by atoms with E-state index in [9.17, 15) is 9.59 Å². The van der Waals surface area contributed by atoms with Gasteiger partial charge < -0.3 is 10.6 Å². The Morgan fingerprint density at radius 1 is 1.04 bits per heavy atom. The average molecular weight is 349 g/mol. The van der Waals surface area contributed by atoms with Crippen molar-refractivity contribution < 1.29 is 9.59 Å². The molecule has 23 heavy (non-hydrogen) atoms. The van der Waals surface area contributed by atoms with Crippen LogP contribution in [0.5, 0.6) is 0 Å². The molecular formula is C17H14Cl2N2O2. The molecule has 0 radical (unpaired) electrons. The largest absolute Gasteiger partial charge is 0.354 e.